The van der Waals surface area contributed by atoms with Crippen LogP contribution >= 0.6 is 0 Å². The Bertz CT molecular complexity index is 534. The second-order valence-corrected chi connectivity index (χ2v) is 3.62. The van der Waals surface area contributed by atoms with Gasteiger partial charge in [0, 0.05) is 0 Å². The number of anilines is 1. The monoisotopic (exact) mass is 252 g/mol. The van der Waals surface area contributed by atoms with Crippen molar-refractivity contribution in [1.82, 2.24) is 9.97 Å². The zero-order valence-corrected chi connectivity index (χ0v) is 10.2. The summed E-state index contributed by atoms with van der Waals surface area (Å²) in [5.74, 6) is -0.388. The molecular formula is C10H12N4O4. The van der Waals surface area contributed by atoms with Gasteiger partial charge in [0.2, 0.25) is 11.8 Å². The van der Waals surface area contributed by atoms with Gasteiger partial charge in [-0.1, -0.05) is 0 Å². The lowest BCUT2D eigenvalue weighted by molar-refractivity contribution is -0.133. The minimum atomic E-state index is -0.624. The van der Waals surface area contributed by atoms with Gasteiger partial charge in [0.25, 0.3) is 5.91 Å². The molecule has 0 saturated carbocycles. The number of rotatable bonds is 3. The van der Waals surface area contributed by atoms with Crippen LogP contribution in [0, 0.1) is 6.92 Å². The Labute approximate surface area is 103 Å². The summed E-state index contributed by atoms with van der Waals surface area (Å²) in [6.07, 6.45) is -0.102. The highest BCUT2D eigenvalue weighted by Crippen LogP contribution is 2.23. The molecule has 0 bridgehead atoms. The number of aromatic amines is 1. The molecule has 1 aliphatic heterocycles. The van der Waals surface area contributed by atoms with Gasteiger partial charge in [-0.15, -0.1) is 0 Å². The Morgan fingerprint density at radius 3 is 2.72 bits per heavy atom. The molecule has 0 aliphatic carbocycles. The second-order valence-electron chi connectivity index (χ2n) is 3.62. The van der Waals surface area contributed by atoms with Crippen LogP contribution in [0.15, 0.2) is 5.10 Å². The van der Waals surface area contributed by atoms with Crippen LogP contribution in [-0.2, 0) is 14.3 Å². The predicted molar refractivity (Wildman–Crippen MR) is 61.4 cm³/mol. The van der Waals surface area contributed by atoms with Crippen LogP contribution in [0.4, 0.5) is 5.95 Å². The number of ether oxygens (including phenoxy) is 2. The summed E-state index contributed by atoms with van der Waals surface area (Å²) in [6, 6.07) is 0. The van der Waals surface area contributed by atoms with E-state index < -0.39 is 5.97 Å². The van der Waals surface area contributed by atoms with E-state index in [1.807, 2.05) is 0 Å². The van der Waals surface area contributed by atoms with Gasteiger partial charge >= 0.3 is 5.97 Å². The van der Waals surface area contributed by atoms with Gasteiger partial charge in [-0.25, -0.2) is 4.79 Å². The van der Waals surface area contributed by atoms with E-state index >= 15 is 0 Å². The number of amides is 1. The number of nitrogens with one attached hydrogen (secondary N) is 1. The van der Waals surface area contributed by atoms with E-state index in [9.17, 15) is 9.59 Å². The van der Waals surface area contributed by atoms with Crippen LogP contribution in [0.25, 0.3) is 0 Å². The molecule has 0 saturated heterocycles. The lowest BCUT2D eigenvalue weighted by Gasteiger charge is -2.05. The lowest BCUT2D eigenvalue weighted by Crippen LogP contribution is -2.20. The minimum Gasteiger partial charge on any atom is -0.480 e. The summed E-state index contributed by atoms with van der Waals surface area (Å²) >= 11 is 0. The molecule has 1 aliphatic rings. The SMILES string of the molecule is COC(=O)C1=NN(c2nc(OC)c(C)[nH]2)C(=O)C1. The van der Waals surface area contributed by atoms with E-state index in [2.05, 4.69) is 19.8 Å². The van der Waals surface area contributed by atoms with E-state index in [0.29, 0.717) is 11.6 Å². The van der Waals surface area contributed by atoms with Gasteiger partial charge in [0.15, 0.2) is 5.71 Å². The topological polar surface area (TPSA) is 96.9 Å². The molecule has 0 unspecified atom stereocenters. The molecule has 0 atom stereocenters. The summed E-state index contributed by atoms with van der Waals surface area (Å²) in [5, 5.41) is 4.90. The number of hydrogen-bond donors (Lipinski definition) is 1. The summed E-state index contributed by atoms with van der Waals surface area (Å²) < 4.78 is 9.51. The van der Waals surface area contributed by atoms with Gasteiger partial charge in [-0.05, 0) is 6.92 Å². The van der Waals surface area contributed by atoms with Crippen molar-refractivity contribution in [3.8, 4) is 5.88 Å². The van der Waals surface area contributed by atoms with Crippen LogP contribution in [-0.4, -0.2) is 41.8 Å². The Morgan fingerprint density at radius 1 is 1.44 bits per heavy atom. The van der Waals surface area contributed by atoms with Crippen LogP contribution in [0.3, 0.4) is 0 Å². The van der Waals surface area contributed by atoms with Gasteiger partial charge in [0.05, 0.1) is 26.3 Å². The zero-order chi connectivity index (χ0) is 13.3. The molecule has 8 heteroatoms. The molecule has 1 aromatic heterocycles. The Balaban J connectivity index is 2.30. The number of hydrogen-bond acceptors (Lipinski definition) is 6. The van der Waals surface area contributed by atoms with Gasteiger partial charge in [-0.2, -0.15) is 15.1 Å². The average molecular weight is 252 g/mol. The van der Waals surface area contributed by atoms with E-state index in [1.54, 1.807) is 6.92 Å². The molecule has 1 amide bonds. The van der Waals surface area contributed by atoms with E-state index in [4.69, 9.17) is 4.74 Å². The fraction of sp³-hybridized carbons (Fsp3) is 0.400. The van der Waals surface area contributed by atoms with Crippen molar-refractivity contribution in [2.24, 2.45) is 5.10 Å². The maximum absolute atomic E-state index is 11.7. The number of H-pyrrole nitrogens is 1. The summed E-state index contributed by atoms with van der Waals surface area (Å²) in [5.41, 5.74) is 0.720. The first-order valence-electron chi connectivity index (χ1n) is 5.16. The molecule has 0 fully saturated rings. The second kappa shape index (κ2) is 4.47. The molecule has 0 aromatic carbocycles. The van der Waals surface area contributed by atoms with Crippen molar-refractivity contribution in [3.63, 3.8) is 0 Å². The molecule has 1 N–H and O–H groups in total. The number of hydrazone groups is 1. The van der Waals surface area contributed by atoms with Crippen LogP contribution in [0.1, 0.15) is 12.1 Å². The molecule has 0 spiro atoms. The van der Waals surface area contributed by atoms with Gasteiger partial charge in [-0.3, -0.25) is 4.79 Å². The summed E-state index contributed by atoms with van der Waals surface area (Å²) in [7, 11) is 2.71. The van der Waals surface area contributed by atoms with Crippen LogP contribution in [0.2, 0.25) is 0 Å². The van der Waals surface area contributed by atoms with Gasteiger partial charge < -0.3 is 14.5 Å². The predicted octanol–water partition coefficient (Wildman–Crippen LogP) is -0.00758. The van der Waals surface area contributed by atoms with E-state index in [0.717, 1.165) is 5.01 Å². The number of aryl methyl sites for hydroxylation is 1. The Morgan fingerprint density at radius 2 is 2.17 bits per heavy atom. The number of methoxy groups -OCH3 is 2. The Kier molecular flexibility index (Phi) is 3.00. The highest BCUT2D eigenvalue weighted by molar-refractivity contribution is 6.42. The van der Waals surface area contributed by atoms with Gasteiger partial charge in [0.1, 0.15) is 0 Å². The smallest absolute Gasteiger partial charge is 0.354 e. The largest absolute Gasteiger partial charge is 0.480 e. The van der Waals surface area contributed by atoms with Crippen molar-refractivity contribution in [2.75, 3.05) is 19.2 Å². The highest BCUT2D eigenvalue weighted by atomic mass is 16.5. The summed E-state index contributed by atoms with van der Waals surface area (Å²) in [4.78, 5) is 29.9. The quantitative estimate of drug-likeness (QED) is 0.763. The molecule has 2 heterocycles. The third-order valence-corrected chi connectivity index (χ3v) is 2.42. The lowest BCUT2D eigenvalue weighted by atomic mass is 10.3. The van der Waals surface area contributed by atoms with E-state index in [-0.39, 0.29) is 24.0 Å². The molecule has 1 aromatic rings. The van der Waals surface area contributed by atoms with Crippen LogP contribution < -0.4 is 9.75 Å². The molecule has 8 nitrogen and oxygen atoms in total. The maximum atomic E-state index is 11.7. The standard InChI is InChI=1S/C10H12N4O4/c1-5-8(17-2)12-10(11-5)14-7(15)4-6(13-14)9(16)18-3/h4H2,1-3H3,(H,11,12). The fourth-order valence-corrected chi connectivity index (χ4v) is 1.55. The first kappa shape index (κ1) is 12.1. The third kappa shape index (κ3) is 1.92. The van der Waals surface area contributed by atoms with Crippen molar-refractivity contribution < 1.29 is 19.1 Å². The number of carbonyl (C=O) groups excluding carboxylic acids is 2. The fourth-order valence-electron chi connectivity index (χ4n) is 1.55. The number of carbonyl (C=O) groups is 2. The van der Waals surface area contributed by atoms with Crippen molar-refractivity contribution in [3.05, 3.63) is 5.69 Å². The van der Waals surface area contributed by atoms with Crippen molar-refractivity contribution >= 4 is 23.5 Å². The number of nitrogens with zero attached hydrogens (tertiary/aromatic N) is 3. The molecular weight excluding hydrogens is 240 g/mol. The molecule has 2 rings (SSSR count). The van der Waals surface area contributed by atoms with E-state index in [1.165, 1.54) is 14.2 Å². The average Bonchev–Trinajstić information content (AvgIpc) is 2.91. The normalized spacial score (nSPS) is 14.7. The first-order chi connectivity index (χ1) is 8.56. The first-order valence-corrected chi connectivity index (χ1v) is 5.16. The molecule has 18 heavy (non-hydrogen) atoms. The van der Waals surface area contributed by atoms with Crippen molar-refractivity contribution in [2.45, 2.75) is 13.3 Å². The number of esters is 1. The highest BCUT2D eigenvalue weighted by Gasteiger charge is 2.32. The molecule has 96 valence electrons. The number of aromatic nitrogens is 2. The summed E-state index contributed by atoms with van der Waals surface area (Å²) in [6.45, 7) is 1.75. The third-order valence-electron chi connectivity index (χ3n) is 2.42. The van der Waals surface area contributed by atoms with Crippen molar-refractivity contribution in [1.29, 1.82) is 0 Å². The zero-order valence-electron chi connectivity index (χ0n) is 10.2. The Hall–Kier alpha value is -2.38. The minimum absolute atomic E-state index is 0.0514. The molecule has 0 radical (unpaired) electrons. The maximum Gasteiger partial charge on any atom is 0.354 e. The van der Waals surface area contributed by atoms with Crippen LogP contribution in [0.5, 0.6) is 5.88 Å². The number of imidazole rings is 1.